The van der Waals surface area contributed by atoms with Gasteiger partial charge in [-0.2, -0.15) is 0 Å². The van der Waals surface area contributed by atoms with Gasteiger partial charge >= 0.3 is 0 Å². The number of nitrogens with zero attached hydrogens (tertiary/aromatic N) is 1. The van der Waals surface area contributed by atoms with Crippen molar-refractivity contribution in [3.05, 3.63) is 35.4 Å². The molecule has 1 saturated heterocycles. The molecule has 4 nitrogen and oxygen atoms in total. The molecule has 4 heteroatoms. The molecule has 0 aromatic heterocycles. The maximum atomic E-state index is 9.30. The first-order chi connectivity index (χ1) is 14.0. The number of ether oxygens (including phenoxy) is 2. The van der Waals surface area contributed by atoms with Crippen molar-refractivity contribution in [2.75, 3.05) is 20.6 Å². The summed E-state index contributed by atoms with van der Waals surface area (Å²) in [6.45, 7) is -2.23. The van der Waals surface area contributed by atoms with Gasteiger partial charge in [-0.05, 0) is 38.0 Å². The van der Waals surface area contributed by atoms with Crippen molar-refractivity contribution >= 4 is 0 Å². The summed E-state index contributed by atoms with van der Waals surface area (Å²) in [7, 11) is 1.35. The molecule has 2 heterocycles. The predicted octanol–water partition coefficient (Wildman–Crippen LogP) is 1.50. The van der Waals surface area contributed by atoms with Gasteiger partial charge in [0, 0.05) is 27.1 Å². The maximum Gasteiger partial charge on any atom is 0.211 e. The molecule has 0 amide bonds. The van der Waals surface area contributed by atoms with Gasteiger partial charge in [0.05, 0.1) is 12.6 Å². The van der Waals surface area contributed by atoms with Crippen LogP contribution in [0.1, 0.15) is 27.1 Å². The number of hydrogen-bond acceptors (Lipinski definition) is 4. The monoisotopic (exact) mass is 307 g/mol. The lowest BCUT2D eigenvalue weighted by Gasteiger charge is -2.56. The number of benzene rings is 1. The van der Waals surface area contributed by atoms with E-state index >= 15 is 0 Å². The topological polar surface area (TPSA) is 41.9 Å². The van der Waals surface area contributed by atoms with Crippen molar-refractivity contribution in [3.8, 4) is 11.5 Å². The fourth-order valence-electron chi connectivity index (χ4n) is 4.66. The van der Waals surface area contributed by atoms with Crippen molar-refractivity contribution in [1.82, 2.24) is 4.90 Å². The van der Waals surface area contributed by atoms with E-state index < -0.39 is 36.5 Å². The fourth-order valence-corrected chi connectivity index (χ4v) is 4.66. The standard InChI is InChI=1S/C18H21NO3/c1-19-8-7-18-11-4-5-13(20)17(18)22-16-14(21-2)6-3-10(15(16)18)9-12(11)19/h3-6,11-13,17,20H,7-9H2,1-2H3/t11-,12+,13?,17?,18-/m0/s1/i1D3,3D,6D,13D,17D,20D. The molecule has 1 aromatic rings. The molecule has 2 aliphatic carbocycles. The van der Waals surface area contributed by atoms with E-state index in [1.807, 2.05) is 0 Å². The minimum atomic E-state index is -2.37. The van der Waals surface area contributed by atoms with Crippen LogP contribution in [0.4, 0.5) is 0 Å². The van der Waals surface area contributed by atoms with Gasteiger partial charge in [-0.25, -0.2) is 0 Å². The lowest BCUT2D eigenvalue weighted by molar-refractivity contribution is -0.0453. The summed E-state index contributed by atoms with van der Waals surface area (Å²) in [5.74, 6) is -0.351. The smallest absolute Gasteiger partial charge is 0.211 e. The Balaban J connectivity index is 1.88. The molecule has 1 aromatic carbocycles. The van der Waals surface area contributed by atoms with Crippen molar-refractivity contribution in [1.29, 1.82) is 1.43 Å². The summed E-state index contributed by atoms with van der Waals surface area (Å²) in [5.41, 5.74) is -0.223. The minimum absolute atomic E-state index is 0.0110. The molecule has 5 atom stereocenters. The Morgan fingerprint density at radius 3 is 3.36 bits per heavy atom. The van der Waals surface area contributed by atoms with E-state index in [0.29, 0.717) is 11.1 Å². The first-order valence-electron chi connectivity index (χ1n) is 11.4. The van der Waals surface area contributed by atoms with Crippen LogP contribution < -0.4 is 9.47 Å². The van der Waals surface area contributed by atoms with Crippen LogP contribution in [-0.4, -0.2) is 50.3 Å². The van der Waals surface area contributed by atoms with Gasteiger partial charge in [0.25, 0.3) is 0 Å². The lowest BCUT2D eigenvalue weighted by atomic mass is 9.53. The highest BCUT2D eigenvalue weighted by Gasteiger charge is 2.64. The highest BCUT2D eigenvalue weighted by Crippen LogP contribution is 2.62. The molecule has 4 aliphatic rings. The minimum Gasteiger partial charge on any atom is -0.493 e. The Kier molecular flexibility index (Phi) is 1.36. The van der Waals surface area contributed by atoms with Gasteiger partial charge < -0.3 is 19.5 Å². The van der Waals surface area contributed by atoms with E-state index in [1.54, 1.807) is 6.08 Å². The third-order valence-electron chi connectivity index (χ3n) is 5.54. The van der Waals surface area contributed by atoms with Gasteiger partial charge in [-0.3, -0.25) is 0 Å². The zero-order valence-electron chi connectivity index (χ0n) is 20.1. The molecule has 2 bridgehead atoms. The number of aliphatic hydroxyl groups is 1. The SMILES string of the molecule is [2H]OC1([2H])C=C[C@H]2[C@H]3Cc4c([2H])c([2H])c(OC)c5c4[C@@]2(CCN3C([2H])([2H])[2H])C1([2H])O5. The molecule has 116 valence electrons. The molecule has 1 N–H and O–H groups in total. The molecule has 2 aliphatic heterocycles. The summed E-state index contributed by atoms with van der Waals surface area (Å²) >= 11 is 0. The molecular formula is C18H21NO3. The first-order valence-corrected chi connectivity index (χ1v) is 7.47. The first kappa shape index (κ1) is 7.37. The molecule has 1 spiro atoms. The largest absolute Gasteiger partial charge is 0.493 e. The van der Waals surface area contributed by atoms with Crippen LogP contribution in [0.3, 0.4) is 0 Å². The van der Waals surface area contributed by atoms with Crippen LogP contribution in [-0.2, 0) is 11.8 Å². The number of likely N-dealkylation sites (tertiary alicyclic amines) is 1. The number of hydrogen-bond donors (Lipinski definition) is 1. The number of likely N-dealkylation sites (N-methyl/N-ethyl adjacent to an activating group) is 1. The number of rotatable bonds is 2. The summed E-state index contributed by atoms with van der Waals surface area (Å²) in [6, 6.07) is -0.871. The normalized spacial score (nSPS) is 53.5. The van der Waals surface area contributed by atoms with Crippen molar-refractivity contribution in [3.63, 3.8) is 0 Å². The van der Waals surface area contributed by atoms with Gasteiger partial charge in [-0.1, -0.05) is 18.2 Å². The molecule has 22 heavy (non-hydrogen) atoms. The molecule has 0 radical (unpaired) electrons. The Morgan fingerprint density at radius 2 is 2.55 bits per heavy atom. The predicted molar refractivity (Wildman–Crippen MR) is 82.5 cm³/mol. The van der Waals surface area contributed by atoms with E-state index in [-0.39, 0.29) is 43.0 Å². The summed E-state index contributed by atoms with van der Waals surface area (Å²) in [6.07, 6.45) is -0.950. The molecule has 5 rings (SSSR count). The molecule has 2 unspecified atom stereocenters. The van der Waals surface area contributed by atoms with Crippen molar-refractivity contribution < 1.29 is 24.2 Å². The van der Waals surface area contributed by atoms with Crippen molar-refractivity contribution in [2.45, 2.75) is 36.5 Å². The van der Waals surface area contributed by atoms with Crippen LogP contribution in [0.25, 0.3) is 0 Å². The third kappa shape index (κ3) is 1.28. The Hall–Kier alpha value is -1.52. The summed E-state index contributed by atoms with van der Waals surface area (Å²) < 4.78 is 77.8. The van der Waals surface area contributed by atoms with Gasteiger partial charge in [0.1, 0.15) is 12.2 Å². The third-order valence-corrected chi connectivity index (χ3v) is 5.54. The molecule has 1 fully saturated rings. The van der Waals surface area contributed by atoms with E-state index in [2.05, 4.69) is 0 Å². The second-order valence-corrected chi connectivity index (χ2v) is 6.33. The lowest BCUT2D eigenvalue weighted by Crippen LogP contribution is -2.64. The van der Waals surface area contributed by atoms with Crippen LogP contribution in [0.15, 0.2) is 24.2 Å². The fraction of sp³-hybridized carbons (Fsp3) is 0.556. The maximum absolute atomic E-state index is 9.30. The highest BCUT2D eigenvalue weighted by atomic mass is 16.5. The molecule has 0 saturated carbocycles. The number of methoxy groups -OCH3 is 1. The van der Waals surface area contributed by atoms with Crippen LogP contribution in [0.2, 0.25) is 0 Å². The second kappa shape index (κ2) is 4.06. The van der Waals surface area contributed by atoms with Crippen LogP contribution >= 0.6 is 0 Å². The Bertz CT molecular complexity index is 983. The quantitative estimate of drug-likeness (QED) is 0.841. The van der Waals surface area contributed by atoms with Gasteiger partial charge in [0.2, 0.25) is 1.43 Å². The van der Waals surface area contributed by atoms with E-state index in [9.17, 15) is 1.37 Å². The Morgan fingerprint density at radius 1 is 1.59 bits per heavy atom. The van der Waals surface area contributed by atoms with Gasteiger partial charge in [-0.15, -0.1) is 0 Å². The van der Waals surface area contributed by atoms with Gasteiger partial charge in [0.15, 0.2) is 11.5 Å². The van der Waals surface area contributed by atoms with Crippen LogP contribution in [0, 0.1) is 5.92 Å². The highest BCUT2D eigenvalue weighted by molar-refractivity contribution is 5.62. The summed E-state index contributed by atoms with van der Waals surface area (Å²) in [5, 5.41) is 4.71. The van der Waals surface area contributed by atoms with E-state index in [1.165, 1.54) is 18.1 Å². The zero-order valence-corrected chi connectivity index (χ0v) is 12.1. The van der Waals surface area contributed by atoms with Crippen molar-refractivity contribution in [2.24, 2.45) is 5.92 Å². The average Bonchev–Trinajstić information content (AvgIpc) is 2.94. The Labute approximate surface area is 141 Å². The van der Waals surface area contributed by atoms with Crippen LogP contribution in [0.5, 0.6) is 11.5 Å². The van der Waals surface area contributed by atoms with E-state index in [0.717, 1.165) is 0 Å². The summed E-state index contributed by atoms with van der Waals surface area (Å²) in [4.78, 5) is 1.40. The average molecular weight is 307 g/mol. The van der Waals surface area contributed by atoms with E-state index in [4.69, 9.17) is 24.2 Å². The second-order valence-electron chi connectivity index (χ2n) is 6.33. The number of piperidine rings is 1. The zero-order chi connectivity index (χ0) is 21.9. The molecular weight excluding hydrogens is 278 g/mol.